The first-order valence-electron chi connectivity index (χ1n) is 7.57. The highest BCUT2D eigenvalue weighted by molar-refractivity contribution is 5.87. The van der Waals surface area contributed by atoms with Crippen molar-refractivity contribution in [2.75, 3.05) is 6.54 Å². The van der Waals surface area contributed by atoms with Crippen LogP contribution in [0.25, 0.3) is 0 Å². The number of rotatable bonds is 8. The van der Waals surface area contributed by atoms with E-state index in [1.54, 1.807) is 6.21 Å². The molecule has 0 fully saturated rings. The maximum absolute atomic E-state index is 12.0. The van der Waals surface area contributed by atoms with Gasteiger partial charge in [0.25, 0.3) is 0 Å². The largest absolute Gasteiger partial charge is 0.354 e. The predicted molar refractivity (Wildman–Crippen MR) is 87.7 cm³/mol. The normalized spacial score (nSPS) is 11.9. The summed E-state index contributed by atoms with van der Waals surface area (Å²) in [6.45, 7) is 4.30. The number of nitrogens with one attached hydrogen (secondary N) is 3. The minimum atomic E-state index is -0.562. The molecule has 0 radical (unpaired) electrons. The highest BCUT2D eigenvalue weighted by atomic mass is 16.2. The molecule has 0 aliphatic carbocycles. The topological polar surface area (TPSA) is 82.6 Å². The Bertz CT molecular complexity index is 488. The van der Waals surface area contributed by atoms with Gasteiger partial charge >= 0.3 is 6.03 Å². The average molecular weight is 304 g/mol. The molecule has 0 spiro atoms. The van der Waals surface area contributed by atoms with E-state index in [0.717, 1.165) is 18.4 Å². The second-order valence-corrected chi connectivity index (χ2v) is 4.79. The van der Waals surface area contributed by atoms with E-state index in [1.807, 2.05) is 44.2 Å². The number of benzene rings is 1. The van der Waals surface area contributed by atoms with Crippen LogP contribution in [0, 0.1) is 0 Å². The van der Waals surface area contributed by atoms with Crippen molar-refractivity contribution in [3.63, 3.8) is 0 Å². The van der Waals surface area contributed by atoms with Crippen molar-refractivity contribution in [3.8, 4) is 0 Å². The van der Waals surface area contributed by atoms with Gasteiger partial charge in [-0.2, -0.15) is 5.10 Å². The van der Waals surface area contributed by atoms with Crippen LogP contribution in [-0.4, -0.2) is 30.7 Å². The fourth-order valence-electron chi connectivity index (χ4n) is 1.84. The lowest BCUT2D eigenvalue weighted by Gasteiger charge is -2.16. The van der Waals surface area contributed by atoms with E-state index < -0.39 is 12.1 Å². The summed E-state index contributed by atoms with van der Waals surface area (Å²) in [5.74, 6) is -0.187. The molecule has 0 aromatic heterocycles. The molecule has 6 heteroatoms. The Morgan fingerprint density at radius 3 is 2.59 bits per heavy atom. The Kier molecular flexibility index (Phi) is 8.33. The fourth-order valence-corrected chi connectivity index (χ4v) is 1.84. The Labute approximate surface area is 131 Å². The van der Waals surface area contributed by atoms with E-state index in [0.29, 0.717) is 13.0 Å². The van der Waals surface area contributed by atoms with Crippen molar-refractivity contribution in [1.29, 1.82) is 0 Å². The molecule has 1 aromatic carbocycles. The molecule has 0 saturated carbocycles. The first kappa shape index (κ1) is 17.7. The summed E-state index contributed by atoms with van der Waals surface area (Å²) < 4.78 is 0. The second-order valence-electron chi connectivity index (χ2n) is 4.79. The molecule has 22 heavy (non-hydrogen) atoms. The third-order valence-corrected chi connectivity index (χ3v) is 3.03. The summed E-state index contributed by atoms with van der Waals surface area (Å²) in [6.07, 6.45) is 3.59. The lowest BCUT2D eigenvalue weighted by atomic mass is 10.1. The van der Waals surface area contributed by atoms with Crippen LogP contribution in [0.3, 0.4) is 0 Å². The zero-order valence-electron chi connectivity index (χ0n) is 13.1. The molecule has 0 aliphatic heterocycles. The Morgan fingerprint density at radius 1 is 1.23 bits per heavy atom. The van der Waals surface area contributed by atoms with Gasteiger partial charge in [0.15, 0.2) is 0 Å². The molecule has 3 amide bonds. The number of urea groups is 1. The molecule has 6 nitrogen and oxygen atoms in total. The van der Waals surface area contributed by atoms with Crippen molar-refractivity contribution >= 4 is 18.2 Å². The van der Waals surface area contributed by atoms with Gasteiger partial charge in [0, 0.05) is 12.8 Å². The van der Waals surface area contributed by atoms with Crippen LogP contribution in [0.5, 0.6) is 0 Å². The minimum Gasteiger partial charge on any atom is -0.354 e. The van der Waals surface area contributed by atoms with Crippen LogP contribution in [0.2, 0.25) is 0 Å². The van der Waals surface area contributed by atoms with E-state index in [-0.39, 0.29) is 5.91 Å². The lowest BCUT2D eigenvalue weighted by Crippen LogP contribution is -2.49. The van der Waals surface area contributed by atoms with Crippen molar-refractivity contribution in [3.05, 3.63) is 35.9 Å². The molecule has 1 atom stereocenters. The Balaban J connectivity index is 2.34. The molecule has 120 valence electrons. The van der Waals surface area contributed by atoms with Gasteiger partial charge in [0.2, 0.25) is 5.91 Å². The van der Waals surface area contributed by atoms with Crippen LogP contribution >= 0.6 is 0 Å². The van der Waals surface area contributed by atoms with E-state index in [9.17, 15) is 9.59 Å². The smallest absolute Gasteiger partial charge is 0.335 e. The van der Waals surface area contributed by atoms with Crippen molar-refractivity contribution in [1.82, 2.24) is 16.1 Å². The Morgan fingerprint density at radius 2 is 1.95 bits per heavy atom. The van der Waals surface area contributed by atoms with Gasteiger partial charge in [0.1, 0.15) is 6.04 Å². The summed E-state index contributed by atoms with van der Waals surface area (Å²) in [6, 6.07) is 8.88. The van der Waals surface area contributed by atoms with Gasteiger partial charge in [-0.15, -0.1) is 0 Å². The number of amides is 3. The molecule has 1 unspecified atom stereocenters. The molecule has 0 heterocycles. The van der Waals surface area contributed by atoms with Crippen LogP contribution in [0.15, 0.2) is 35.4 Å². The van der Waals surface area contributed by atoms with Gasteiger partial charge in [0.05, 0.1) is 0 Å². The highest BCUT2D eigenvalue weighted by Gasteiger charge is 2.17. The van der Waals surface area contributed by atoms with Gasteiger partial charge in [-0.3, -0.25) is 4.79 Å². The predicted octanol–water partition coefficient (Wildman–Crippen LogP) is 1.82. The standard InChI is InChI=1S/C16H24N4O2/c1-3-11-18-20-16(22)19-14(4-2)15(21)17-12-10-13-8-6-5-7-9-13/h5-9,11,14H,3-4,10,12H2,1-2H3,(H,17,21)(H2,19,20,22)/b18-11+. The summed E-state index contributed by atoms with van der Waals surface area (Å²) in [4.78, 5) is 23.6. The summed E-state index contributed by atoms with van der Waals surface area (Å²) in [7, 11) is 0. The number of carbonyl (C=O) groups is 2. The zero-order chi connectivity index (χ0) is 16.2. The van der Waals surface area contributed by atoms with E-state index in [1.165, 1.54) is 0 Å². The van der Waals surface area contributed by atoms with Gasteiger partial charge in [-0.05, 0) is 24.8 Å². The monoisotopic (exact) mass is 304 g/mol. The van der Waals surface area contributed by atoms with Crippen LogP contribution < -0.4 is 16.1 Å². The maximum Gasteiger partial charge on any atom is 0.335 e. The third kappa shape index (κ3) is 6.88. The summed E-state index contributed by atoms with van der Waals surface area (Å²) >= 11 is 0. The molecule has 1 aromatic rings. The van der Waals surface area contributed by atoms with E-state index >= 15 is 0 Å². The highest BCUT2D eigenvalue weighted by Crippen LogP contribution is 1.98. The molecule has 0 bridgehead atoms. The van der Waals surface area contributed by atoms with Crippen molar-refractivity contribution < 1.29 is 9.59 Å². The molecule has 0 aliphatic rings. The zero-order valence-corrected chi connectivity index (χ0v) is 13.1. The van der Waals surface area contributed by atoms with Crippen molar-refractivity contribution in [2.24, 2.45) is 5.10 Å². The van der Waals surface area contributed by atoms with Crippen LogP contribution in [0.4, 0.5) is 4.79 Å². The number of nitrogens with zero attached hydrogens (tertiary/aromatic N) is 1. The van der Waals surface area contributed by atoms with Gasteiger partial charge in [-0.25, -0.2) is 10.2 Å². The average Bonchev–Trinajstić information content (AvgIpc) is 2.53. The van der Waals surface area contributed by atoms with Gasteiger partial charge in [-0.1, -0.05) is 44.2 Å². The molecular formula is C16H24N4O2. The SMILES string of the molecule is CC/C=N/NC(=O)NC(CC)C(=O)NCCc1ccccc1. The first-order valence-corrected chi connectivity index (χ1v) is 7.57. The Hall–Kier alpha value is -2.37. The first-order chi connectivity index (χ1) is 10.7. The number of hydrazone groups is 1. The maximum atomic E-state index is 12.0. The number of hydrogen-bond donors (Lipinski definition) is 3. The summed E-state index contributed by atoms with van der Waals surface area (Å²) in [5.41, 5.74) is 3.49. The third-order valence-electron chi connectivity index (χ3n) is 3.03. The lowest BCUT2D eigenvalue weighted by molar-refractivity contribution is -0.122. The molecule has 1 rings (SSSR count). The van der Waals surface area contributed by atoms with Crippen LogP contribution in [0.1, 0.15) is 32.3 Å². The number of hydrogen-bond acceptors (Lipinski definition) is 3. The van der Waals surface area contributed by atoms with E-state index in [4.69, 9.17) is 0 Å². The molecule has 0 saturated heterocycles. The van der Waals surface area contributed by atoms with Crippen molar-refractivity contribution in [2.45, 2.75) is 39.2 Å². The van der Waals surface area contributed by atoms with E-state index in [2.05, 4.69) is 21.2 Å². The molecule has 3 N–H and O–H groups in total. The quantitative estimate of drug-likeness (QED) is 0.506. The fraction of sp³-hybridized carbons (Fsp3) is 0.438. The van der Waals surface area contributed by atoms with Crippen LogP contribution in [-0.2, 0) is 11.2 Å². The summed E-state index contributed by atoms with van der Waals surface area (Å²) in [5, 5.41) is 9.15. The minimum absolute atomic E-state index is 0.187. The van der Waals surface area contributed by atoms with Gasteiger partial charge < -0.3 is 10.6 Å². The second kappa shape index (κ2) is 10.4. The molecular weight excluding hydrogens is 280 g/mol. The number of carbonyl (C=O) groups excluding carboxylic acids is 2.